The molecule has 3 atom stereocenters. The lowest BCUT2D eigenvalue weighted by Gasteiger charge is -2.38. The van der Waals surface area contributed by atoms with Crippen LogP contribution in [0.25, 0.3) is 0 Å². The number of benzene rings is 2. The Morgan fingerprint density at radius 1 is 1.12 bits per heavy atom. The number of carbonyl (C=O) groups is 1. The van der Waals surface area contributed by atoms with E-state index < -0.39 is 28.4 Å². The molecule has 1 fully saturated rings. The van der Waals surface area contributed by atoms with Crippen LogP contribution in [0, 0.1) is 5.92 Å². The molecule has 2 aromatic carbocycles. The predicted octanol–water partition coefficient (Wildman–Crippen LogP) is 6.51. The first-order valence-electron chi connectivity index (χ1n) is 16.9. The number of rotatable bonds is 6. The third-order valence-electron chi connectivity index (χ3n) is 9.05. The number of nitrogens with zero attached hydrogens (tertiary/aromatic N) is 2. The highest BCUT2D eigenvalue weighted by atomic mass is 35.5. The third-order valence-corrected chi connectivity index (χ3v) is 10.3. The van der Waals surface area contributed by atoms with Gasteiger partial charge in [-0.05, 0) is 80.5 Å². The maximum atomic E-state index is 13.2. The van der Waals surface area contributed by atoms with E-state index in [2.05, 4.69) is 41.7 Å². The highest BCUT2D eigenvalue weighted by molar-refractivity contribution is 7.83. The van der Waals surface area contributed by atoms with Crippen LogP contribution in [-0.4, -0.2) is 84.2 Å². The zero-order chi connectivity index (χ0) is 34.9. The lowest BCUT2D eigenvalue weighted by atomic mass is 9.91. The van der Waals surface area contributed by atoms with Crippen molar-refractivity contribution < 1.29 is 32.4 Å². The number of fused-ring (bicyclic) bond motifs is 1. The summed E-state index contributed by atoms with van der Waals surface area (Å²) in [7, 11) is -1.73. The number of amides is 1. The fourth-order valence-corrected chi connectivity index (χ4v) is 7.26. The van der Waals surface area contributed by atoms with Crippen molar-refractivity contribution in [3.05, 3.63) is 64.7 Å². The van der Waals surface area contributed by atoms with Gasteiger partial charge in [0, 0.05) is 30.6 Å². The molecule has 3 heterocycles. The third kappa shape index (κ3) is 10.5. The van der Waals surface area contributed by atoms with Gasteiger partial charge in [-0.3, -0.25) is 14.4 Å². The van der Waals surface area contributed by atoms with Gasteiger partial charge in [-0.25, -0.2) is 13.0 Å². The van der Waals surface area contributed by atoms with Crippen LogP contribution >= 0.6 is 11.6 Å². The lowest BCUT2D eigenvalue weighted by Crippen LogP contribution is -2.56. The van der Waals surface area contributed by atoms with Gasteiger partial charge >= 0.3 is 0 Å². The van der Waals surface area contributed by atoms with Gasteiger partial charge in [0.25, 0.3) is 11.8 Å². The second kappa shape index (κ2) is 17.4. The molecule has 2 bridgehead atoms. The average molecular weight is 710 g/mol. The summed E-state index contributed by atoms with van der Waals surface area (Å²) in [4.78, 5) is 17.3. The van der Waals surface area contributed by atoms with E-state index in [-0.39, 0.29) is 25.6 Å². The normalized spacial score (nSPS) is 25.0. The number of aliphatic hydroxyl groups is 1. The van der Waals surface area contributed by atoms with E-state index in [4.69, 9.17) is 26.2 Å². The standard InChI is InChI=1S/C31H41ClN2O4S.C5H9F2NO/c1-5-9-23-18-25(32)11-13-27(23)24-20-34-16-15-22(6-2)10-7-8-17-38-31(3,4)30(35)33-39(36)26-12-14-29(37-21-24)28(34)19-26;6-5(7)3-8(4-5)1-2-9/h7-8,11-14,18-19,22,24H,5-6,9-10,15-17,20-21H2,1-4H3,(H,33,35);9H,1-4H2/b8-7+;. The van der Waals surface area contributed by atoms with E-state index in [0.29, 0.717) is 30.6 Å². The summed E-state index contributed by atoms with van der Waals surface area (Å²) in [6.07, 6.45) is 9.18. The zero-order valence-electron chi connectivity index (χ0n) is 28.5. The molecule has 48 heavy (non-hydrogen) atoms. The number of allylic oxidation sites excluding steroid dienone is 1. The Morgan fingerprint density at radius 3 is 2.58 bits per heavy atom. The van der Waals surface area contributed by atoms with Crippen molar-refractivity contribution in [2.45, 2.75) is 82.1 Å². The number of halogens is 3. The Balaban J connectivity index is 0.000000500. The highest BCUT2D eigenvalue weighted by Crippen LogP contribution is 2.38. The lowest BCUT2D eigenvalue weighted by molar-refractivity contribution is -0.139. The molecule has 3 unspecified atom stereocenters. The summed E-state index contributed by atoms with van der Waals surface area (Å²) < 4.78 is 52.1. The highest BCUT2D eigenvalue weighted by Gasteiger charge is 2.43. The van der Waals surface area contributed by atoms with Gasteiger partial charge in [0.2, 0.25) is 0 Å². The minimum atomic E-state index is -2.49. The number of anilines is 1. The maximum absolute atomic E-state index is 13.2. The minimum absolute atomic E-state index is 0.0317. The molecule has 12 heteroatoms. The van der Waals surface area contributed by atoms with Crippen molar-refractivity contribution >= 4 is 34.2 Å². The summed E-state index contributed by atoms with van der Waals surface area (Å²) in [5.41, 5.74) is 2.35. The molecule has 3 aliphatic rings. The summed E-state index contributed by atoms with van der Waals surface area (Å²) in [6, 6.07) is 11.8. The molecule has 1 saturated heterocycles. The number of carbonyl (C=O) groups excluding carboxylic acids is 1. The van der Waals surface area contributed by atoms with Gasteiger partial charge in [-0.15, -0.1) is 0 Å². The van der Waals surface area contributed by atoms with E-state index in [1.54, 1.807) is 19.9 Å². The van der Waals surface area contributed by atoms with Crippen LogP contribution in [0.5, 0.6) is 5.75 Å². The summed E-state index contributed by atoms with van der Waals surface area (Å²) in [6.45, 7) is 10.3. The molecule has 0 saturated carbocycles. The Morgan fingerprint density at radius 2 is 1.90 bits per heavy atom. The Bertz CT molecular complexity index is 1430. The van der Waals surface area contributed by atoms with Gasteiger partial charge < -0.3 is 19.5 Å². The van der Waals surface area contributed by atoms with Gasteiger partial charge in [0.1, 0.15) is 11.4 Å². The molecule has 1 amide bonds. The number of ether oxygens (including phenoxy) is 2. The molecule has 0 spiro atoms. The summed E-state index contributed by atoms with van der Waals surface area (Å²) in [5, 5.41) is 9.04. The van der Waals surface area contributed by atoms with Gasteiger partial charge in [-0.2, -0.15) is 0 Å². The topological polar surface area (TPSA) is 91.3 Å². The van der Waals surface area contributed by atoms with E-state index in [0.717, 1.165) is 61.7 Å². The van der Waals surface area contributed by atoms with Crippen LogP contribution in [0.15, 0.2) is 53.4 Å². The summed E-state index contributed by atoms with van der Waals surface area (Å²) >= 11 is 6.37. The molecule has 3 aliphatic heterocycles. The Labute approximate surface area is 291 Å². The fourth-order valence-electron chi connectivity index (χ4n) is 6.13. The minimum Gasteiger partial charge on any atom is -0.491 e. The van der Waals surface area contributed by atoms with Crippen molar-refractivity contribution in [1.29, 1.82) is 0 Å². The fraction of sp³-hybridized carbons (Fsp3) is 0.583. The van der Waals surface area contributed by atoms with Crippen LogP contribution in [0.4, 0.5) is 14.5 Å². The number of nitrogens with one attached hydrogen (secondary N) is 1. The average Bonchev–Trinajstić information content (AvgIpc) is 3.21. The number of hydrogen-bond donors (Lipinski definition) is 2. The van der Waals surface area contributed by atoms with Crippen LogP contribution in [0.2, 0.25) is 5.02 Å². The van der Waals surface area contributed by atoms with Crippen LogP contribution in [0.1, 0.15) is 70.4 Å². The molecular weight excluding hydrogens is 660 g/mol. The molecule has 5 rings (SSSR count). The van der Waals surface area contributed by atoms with Crippen LogP contribution < -0.4 is 14.4 Å². The molecule has 0 radical (unpaired) electrons. The quantitative estimate of drug-likeness (QED) is 0.331. The van der Waals surface area contributed by atoms with Gasteiger partial charge in [-0.1, -0.05) is 56.5 Å². The molecular formula is C36H50ClF2N3O5S. The largest absolute Gasteiger partial charge is 0.491 e. The van der Waals surface area contributed by atoms with E-state index in [1.807, 2.05) is 24.3 Å². The van der Waals surface area contributed by atoms with Gasteiger partial charge in [0.15, 0.2) is 11.0 Å². The monoisotopic (exact) mass is 709 g/mol. The molecule has 0 aliphatic carbocycles. The summed E-state index contributed by atoms with van der Waals surface area (Å²) in [5.74, 6) is -1.46. The smallest absolute Gasteiger partial charge is 0.272 e. The van der Waals surface area contributed by atoms with Crippen molar-refractivity contribution in [2.75, 3.05) is 57.4 Å². The van der Waals surface area contributed by atoms with Crippen LogP contribution in [0.3, 0.4) is 0 Å². The molecule has 0 aromatic heterocycles. The number of β-amino-alcohol motifs (C(OH)–C–C–N with tert-alkyl or cyclic N) is 1. The number of likely N-dealkylation sites (tertiary alicyclic amines) is 1. The molecule has 8 nitrogen and oxygen atoms in total. The van der Waals surface area contributed by atoms with E-state index in [9.17, 15) is 17.8 Å². The maximum Gasteiger partial charge on any atom is 0.272 e. The number of alkyl halides is 2. The predicted molar refractivity (Wildman–Crippen MR) is 188 cm³/mol. The van der Waals surface area contributed by atoms with Crippen LogP contribution in [-0.2, 0) is 26.9 Å². The molecule has 2 N–H and O–H groups in total. The number of aliphatic hydroxyl groups excluding tert-OH is 1. The first-order valence-corrected chi connectivity index (χ1v) is 18.4. The first-order chi connectivity index (χ1) is 22.9. The van der Waals surface area contributed by atoms with Crippen molar-refractivity contribution in [3.8, 4) is 5.75 Å². The van der Waals surface area contributed by atoms with E-state index in [1.165, 1.54) is 16.0 Å². The SMILES string of the molecule is CCCc1cc(Cl)ccc1C1COc2ccc3cc2N(CCC(CC)C/C=C/COC(C)(C)C(=O)NS3=O)C1.OCCN1CC(F)(F)C1. The van der Waals surface area contributed by atoms with Gasteiger partial charge in [0.05, 0.1) is 43.5 Å². The Hall–Kier alpha value is -2.57. The second-order valence-corrected chi connectivity index (χ2v) is 14.9. The van der Waals surface area contributed by atoms with E-state index >= 15 is 0 Å². The zero-order valence-corrected chi connectivity index (χ0v) is 30.1. The number of hydrogen-bond acceptors (Lipinski definition) is 7. The van der Waals surface area contributed by atoms with Crippen molar-refractivity contribution in [1.82, 2.24) is 9.62 Å². The number of aryl methyl sites for hydroxylation is 1. The molecule has 2 aromatic rings. The first kappa shape index (κ1) is 38.2. The second-order valence-electron chi connectivity index (χ2n) is 13.3. The Kier molecular flexibility index (Phi) is 13.8. The van der Waals surface area contributed by atoms with Crippen molar-refractivity contribution in [3.63, 3.8) is 0 Å². The molecule has 266 valence electrons. The van der Waals surface area contributed by atoms with Crippen molar-refractivity contribution in [2.24, 2.45) is 5.92 Å².